The number of benzene rings is 1. The van der Waals surface area contributed by atoms with E-state index in [1.807, 2.05) is 45.9 Å². The molecule has 160 valence electrons. The smallest absolute Gasteiger partial charge is 0.410 e. The molecule has 0 aliphatic carbocycles. The fraction of sp³-hybridized carbons (Fsp3) is 0.579. The molecule has 1 amide bonds. The van der Waals surface area contributed by atoms with Crippen LogP contribution >= 0.6 is 24.0 Å². The van der Waals surface area contributed by atoms with Gasteiger partial charge in [-0.05, 0) is 39.8 Å². The van der Waals surface area contributed by atoms with Crippen molar-refractivity contribution in [2.45, 2.75) is 33.3 Å². The molecular formula is C19H33IN4O4. The van der Waals surface area contributed by atoms with Gasteiger partial charge in [0, 0.05) is 38.9 Å². The maximum Gasteiger partial charge on any atom is 0.410 e. The summed E-state index contributed by atoms with van der Waals surface area (Å²) in [5.41, 5.74) is 0.298. The molecule has 0 spiro atoms. The molecule has 1 aromatic carbocycles. The van der Waals surface area contributed by atoms with Crippen molar-refractivity contribution in [1.82, 2.24) is 10.2 Å². The standard InChI is InChI=1S/C19H32N4O4.HI/c1-8-26-15-10-9-14(13-16(15)25-7)22-17(20-5)21-11-12-23(6)18(24)27-19(2,3)4;/h9-10,13H,8,11-12H2,1-7H3,(H2,20,21,22);1H. The summed E-state index contributed by atoms with van der Waals surface area (Å²) in [5.74, 6) is 1.91. The number of methoxy groups -OCH3 is 1. The second-order valence-corrected chi connectivity index (χ2v) is 6.82. The summed E-state index contributed by atoms with van der Waals surface area (Å²) in [7, 11) is 4.98. The summed E-state index contributed by atoms with van der Waals surface area (Å²) < 4.78 is 16.2. The zero-order chi connectivity index (χ0) is 20.4. The molecule has 0 saturated heterocycles. The molecule has 1 aromatic rings. The summed E-state index contributed by atoms with van der Waals surface area (Å²) in [6.45, 7) is 9.00. The van der Waals surface area contributed by atoms with Crippen molar-refractivity contribution < 1.29 is 19.0 Å². The van der Waals surface area contributed by atoms with Gasteiger partial charge in [0.15, 0.2) is 17.5 Å². The van der Waals surface area contributed by atoms with Crippen LogP contribution in [0.1, 0.15) is 27.7 Å². The third kappa shape index (κ3) is 9.34. The van der Waals surface area contributed by atoms with Gasteiger partial charge in [0.2, 0.25) is 0 Å². The van der Waals surface area contributed by atoms with Crippen molar-refractivity contribution in [3.8, 4) is 11.5 Å². The Kier molecular flexibility index (Phi) is 11.7. The number of hydrogen-bond acceptors (Lipinski definition) is 5. The Morgan fingerprint density at radius 3 is 2.46 bits per heavy atom. The first-order valence-corrected chi connectivity index (χ1v) is 8.92. The summed E-state index contributed by atoms with van der Waals surface area (Å²) in [6, 6.07) is 5.56. The molecule has 0 unspecified atom stereocenters. The molecule has 0 bridgehead atoms. The summed E-state index contributed by atoms with van der Waals surface area (Å²) >= 11 is 0. The Labute approximate surface area is 185 Å². The Balaban J connectivity index is 0.00000729. The normalized spacial score (nSPS) is 11.2. The third-order valence-electron chi connectivity index (χ3n) is 3.39. The van der Waals surface area contributed by atoms with E-state index in [1.165, 1.54) is 4.90 Å². The first-order valence-electron chi connectivity index (χ1n) is 8.92. The van der Waals surface area contributed by atoms with E-state index >= 15 is 0 Å². The van der Waals surface area contributed by atoms with E-state index in [4.69, 9.17) is 14.2 Å². The predicted molar refractivity (Wildman–Crippen MR) is 123 cm³/mol. The number of aliphatic imine (C=N–C) groups is 1. The SMILES string of the molecule is CCOc1ccc(NC(=NC)NCCN(C)C(=O)OC(C)(C)C)cc1OC.I. The number of anilines is 1. The van der Waals surface area contributed by atoms with Crippen LogP contribution in [0.5, 0.6) is 11.5 Å². The van der Waals surface area contributed by atoms with Crippen LogP contribution < -0.4 is 20.1 Å². The van der Waals surface area contributed by atoms with Gasteiger partial charge in [-0.1, -0.05) is 0 Å². The maximum absolute atomic E-state index is 12.0. The van der Waals surface area contributed by atoms with Crippen LogP contribution in [0, 0.1) is 0 Å². The number of halogens is 1. The highest BCUT2D eigenvalue weighted by molar-refractivity contribution is 14.0. The molecule has 2 N–H and O–H groups in total. The topological polar surface area (TPSA) is 84.4 Å². The molecule has 0 aliphatic rings. The van der Waals surface area contributed by atoms with E-state index in [9.17, 15) is 4.79 Å². The van der Waals surface area contributed by atoms with Gasteiger partial charge in [-0.25, -0.2) is 4.79 Å². The average molecular weight is 508 g/mol. The van der Waals surface area contributed by atoms with Gasteiger partial charge in [-0.15, -0.1) is 24.0 Å². The second kappa shape index (κ2) is 12.5. The molecule has 0 saturated carbocycles. The fourth-order valence-corrected chi connectivity index (χ4v) is 2.11. The Morgan fingerprint density at radius 2 is 1.93 bits per heavy atom. The number of hydrogen-bond donors (Lipinski definition) is 2. The van der Waals surface area contributed by atoms with Crippen molar-refractivity contribution in [3.63, 3.8) is 0 Å². The lowest BCUT2D eigenvalue weighted by Gasteiger charge is -2.25. The molecule has 0 heterocycles. The Bertz CT molecular complexity index is 647. The zero-order valence-electron chi connectivity index (χ0n) is 17.8. The average Bonchev–Trinajstić information content (AvgIpc) is 2.60. The van der Waals surface area contributed by atoms with Crippen molar-refractivity contribution in [3.05, 3.63) is 18.2 Å². The van der Waals surface area contributed by atoms with E-state index in [2.05, 4.69) is 15.6 Å². The van der Waals surface area contributed by atoms with Crippen molar-refractivity contribution in [2.24, 2.45) is 4.99 Å². The molecule has 0 atom stereocenters. The van der Waals surface area contributed by atoms with Crippen LogP contribution in [0.15, 0.2) is 23.2 Å². The summed E-state index contributed by atoms with van der Waals surface area (Å²) in [5, 5.41) is 6.34. The highest BCUT2D eigenvalue weighted by Gasteiger charge is 2.19. The molecule has 0 fully saturated rings. The summed E-state index contributed by atoms with van der Waals surface area (Å²) in [6.07, 6.45) is -0.358. The number of amides is 1. The molecule has 0 aromatic heterocycles. The molecule has 0 radical (unpaired) electrons. The maximum atomic E-state index is 12.0. The van der Waals surface area contributed by atoms with Crippen molar-refractivity contribution in [1.29, 1.82) is 0 Å². The van der Waals surface area contributed by atoms with Crippen LogP contribution in [0.2, 0.25) is 0 Å². The molecule has 1 rings (SSSR count). The first kappa shape index (κ1) is 26.1. The molecule has 8 nitrogen and oxygen atoms in total. The number of carbonyl (C=O) groups is 1. The van der Waals surface area contributed by atoms with E-state index < -0.39 is 5.60 Å². The van der Waals surface area contributed by atoms with E-state index in [-0.39, 0.29) is 30.1 Å². The Hall–Kier alpha value is -1.91. The lowest BCUT2D eigenvalue weighted by molar-refractivity contribution is 0.0302. The lowest BCUT2D eigenvalue weighted by Crippen LogP contribution is -2.40. The monoisotopic (exact) mass is 508 g/mol. The quantitative estimate of drug-likeness (QED) is 0.333. The molecule has 9 heteroatoms. The van der Waals surface area contributed by atoms with Crippen LogP contribution in [0.4, 0.5) is 10.5 Å². The van der Waals surface area contributed by atoms with Gasteiger partial charge >= 0.3 is 6.09 Å². The highest BCUT2D eigenvalue weighted by Crippen LogP contribution is 2.30. The lowest BCUT2D eigenvalue weighted by atomic mass is 10.2. The largest absolute Gasteiger partial charge is 0.493 e. The van der Waals surface area contributed by atoms with Gasteiger partial charge in [0.05, 0.1) is 13.7 Å². The van der Waals surface area contributed by atoms with Crippen LogP contribution in [-0.2, 0) is 4.74 Å². The first-order chi connectivity index (χ1) is 12.7. The fourth-order valence-electron chi connectivity index (χ4n) is 2.11. The molecular weight excluding hydrogens is 475 g/mol. The predicted octanol–water partition coefficient (Wildman–Crippen LogP) is 3.57. The van der Waals surface area contributed by atoms with E-state index in [0.717, 1.165) is 5.69 Å². The van der Waals surface area contributed by atoms with Gasteiger partial charge in [-0.2, -0.15) is 0 Å². The highest BCUT2D eigenvalue weighted by atomic mass is 127. The zero-order valence-corrected chi connectivity index (χ0v) is 20.1. The van der Waals surface area contributed by atoms with Gasteiger partial charge in [0.25, 0.3) is 0 Å². The molecule has 0 aliphatic heterocycles. The van der Waals surface area contributed by atoms with E-state index in [1.54, 1.807) is 21.2 Å². The van der Waals surface area contributed by atoms with Crippen molar-refractivity contribution >= 4 is 41.7 Å². The van der Waals surface area contributed by atoms with Gasteiger partial charge in [-0.3, -0.25) is 4.99 Å². The minimum atomic E-state index is -0.511. The third-order valence-corrected chi connectivity index (χ3v) is 3.39. The van der Waals surface area contributed by atoms with E-state index in [0.29, 0.717) is 37.2 Å². The summed E-state index contributed by atoms with van der Waals surface area (Å²) in [4.78, 5) is 17.7. The van der Waals surface area contributed by atoms with Crippen LogP contribution in [0.25, 0.3) is 0 Å². The van der Waals surface area contributed by atoms with Crippen molar-refractivity contribution in [2.75, 3.05) is 46.2 Å². The van der Waals surface area contributed by atoms with Crippen LogP contribution in [0.3, 0.4) is 0 Å². The van der Waals surface area contributed by atoms with Crippen LogP contribution in [-0.4, -0.2) is 63.5 Å². The number of ether oxygens (including phenoxy) is 3. The Morgan fingerprint density at radius 1 is 1.25 bits per heavy atom. The molecule has 28 heavy (non-hydrogen) atoms. The second-order valence-electron chi connectivity index (χ2n) is 6.82. The number of nitrogens with zero attached hydrogens (tertiary/aromatic N) is 2. The number of guanidine groups is 1. The van der Waals surface area contributed by atoms with Gasteiger partial charge in [0.1, 0.15) is 5.60 Å². The number of carbonyl (C=O) groups excluding carboxylic acids is 1. The minimum absolute atomic E-state index is 0. The number of nitrogens with one attached hydrogen (secondary N) is 2. The number of rotatable bonds is 7. The number of likely N-dealkylation sites (N-methyl/N-ethyl adjacent to an activating group) is 1. The van der Waals surface area contributed by atoms with Gasteiger partial charge < -0.3 is 29.7 Å². The minimum Gasteiger partial charge on any atom is -0.493 e.